The molecule has 0 N–H and O–H groups in total. The summed E-state index contributed by atoms with van der Waals surface area (Å²) in [5, 5.41) is 0. The average molecular weight is 401 g/mol. The Morgan fingerprint density at radius 3 is 1.50 bits per heavy atom. The molecule has 18 heavy (non-hydrogen) atoms. The Hall–Kier alpha value is 1.38. The Balaban J connectivity index is 3.03. The predicted octanol–water partition coefficient (Wildman–Crippen LogP) is 7.04. The molecular formula is C15H31Cl2Sn. The van der Waals surface area contributed by atoms with Crippen molar-refractivity contribution in [2.45, 2.75) is 94.8 Å². The van der Waals surface area contributed by atoms with Gasteiger partial charge in [0.2, 0.25) is 0 Å². The minimum absolute atomic E-state index is 0.647. The zero-order chi connectivity index (χ0) is 13.6. The van der Waals surface area contributed by atoms with Crippen LogP contribution in [0.2, 0.25) is 3.93 Å². The van der Waals surface area contributed by atoms with Crippen molar-refractivity contribution in [2.75, 3.05) is 0 Å². The van der Waals surface area contributed by atoms with E-state index in [0.717, 1.165) is 0 Å². The summed E-state index contributed by atoms with van der Waals surface area (Å²) in [7, 11) is 12.0. The van der Waals surface area contributed by atoms with Gasteiger partial charge in [-0.05, 0) is 0 Å². The van der Waals surface area contributed by atoms with Crippen molar-refractivity contribution in [3.8, 4) is 0 Å². The normalized spacial score (nSPS) is 13.2. The molecule has 0 amide bonds. The summed E-state index contributed by atoms with van der Waals surface area (Å²) in [6.07, 6.45) is 16.8. The molecular weight excluding hydrogens is 370 g/mol. The summed E-state index contributed by atoms with van der Waals surface area (Å²) in [6, 6.07) is 0. The van der Waals surface area contributed by atoms with E-state index < -0.39 is 17.5 Å². The zero-order valence-electron chi connectivity index (χ0n) is 12.3. The standard InChI is InChI=1S/C15H31.2ClH.Sn/c1-3-5-7-9-11-13-15-14-12-10-8-6-4-2;;;/h3H,4-15H2,1-2H3;2*1H;/q;;;+2/p-2. The molecule has 0 aliphatic rings. The molecule has 1 radical (unpaired) electrons. The molecule has 0 heterocycles. The fourth-order valence-corrected chi connectivity index (χ4v) is 4.89. The van der Waals surface area contributed by atoms with Crippen molar-refractivity contribution in [1.82, 2.24) is 0 Å². The van der Waals surface area contributed by atoms with Crippen LogP contribution in [0.3, 0.4) is 0 Å². The van der Waals surface area contributed by atoms with Gasteiger partial charge < -0.3 is 0 Å². The van der Waals surface area contributed by atoms with Gasteiger partial charge in [-0.1, -0.05) is 13.3 Å². The van der Waals surface area contributed by atoms with Crippen molar-refractivity contribution in [3.63, 3.8) is 0 Å². The third kappa shape index (κ3) is 13.8. The monoisotopic (exact) mass is 401 g/mol. The van der Waals surface area contributed by atoms with E-state index >= 15 is 0 Å². The SMILES string of the molecule is CCCCCCCCCCCCC[CH](C)[Sn]([Cl])[Cl]. The Kier molecular flexibility index (Phi) is 15.9. The fraction of sp³-hybridized carbons (Fsp3) is 1.00. The van der Waals surface area contributed by atoms with Crippen molar-refractivity contribution in [2.24, 2.45) is 0 Å². The van der Waals surface area contributed by atoms with Crippen LogP contribution >= 0.6 is 17.8 Å². The second kappa shape index (κ2) is 14.8. The van der Waals surface area contributed by atoms with Crippen LogP contribution < -0.4 is 0 Å². The van der Waals surface area contributed by atoms with Crippen molar-refractivity contribution in [1.29, 1.82) is 0 Å². The molecule has 0 spiro atoms. The summed E-state index contributed by atoms with van der Waals surface area (Å²) < 4.78 is 0.647. The van der Waals surface area contributed by atoms with Crippen LogP contribution in [0.1, 0.15) is 90.9 Å². The Morgan fingerprint density at radius 1 is 0.722 bits per heavy atom. The molecule has 0 aromatic carbocycles. The molecule has 0 nitrogen and oxygen atoms in total. The summed E-state index contributed by atoms with van der Waals surface area (Å²) in [5.41, 5.74) is 0. The maximum absolute atomic E-state index is 6.02. The van der Waals surface area contributed by atoms with Crippen LogP contribution in [-0.2, 0) is 0 Å². The number of rotatable bonds is 13. The Bertz CT molecular complexity index is 163. The fourth-order valence-electron chi connectivity index (χ4n) is 2.22. The Labute approximate surface area is 129 Å². The minimum atomic E-state index is -1.91. The molecule has 0 aromatic rings. The van der Waals surface area contributed by atoms with E-state index in [1.807, 2.05) is 0 Å². The molecule has 0 aliphatic carbocycles. The first kappa shape index (κ1) is 19.4. The number of unbranched alkanes of at least 4 members (excludes halogenated alkanes) is 10. The number of hydrogen-bond acceptors (Lipinski definition) is 0. The second-order valence-electron chi connectivity index (χ2n) is 5.51. The molecule has 1 atom stereocenters. The molecule has 0 bridgehead atoms. The number of halogens is 2. The van der Waals surface area contributed by atoms with Gasteiger partial charge in [-0.15, -0.1) is 0 Å². The topological polar surface area (TPSA) is 0 Å². The molecule has 0 rings (SSSR count). The Morgan fingerprint density at radius 2 is 1.11 bits per heavy atom. The third-order valence-electron chi connectivity index (χ3n) is 3.61. The van der Waals surface area contributed by atoms with Gasteiger partial charge in [0.05, 0.1) is 0 Å². The molecule has 0 saturated heterocycles. The van der Waals surface area contributed by atoms with Crippen LogP contribution in [0.15, 0.2) is 0 Å². The maximum atomic E-state index is 6.02. The summed E-state index contributed by atoms with van der Waals surface area (Å²) in [6.45, 7) is 4.51. The number of hydrogen-bond donors (Lipinski definition) is 0. The van der Waals surface area contributed by atoms with Crippen molar-refractivity contribution < 1.29 is 0 Å². The van der Waals surface area contributed by atoms with E-state index in [4.69, 9.17) is 17.8 Å². The van der Waals surface area contributed by atoms with Gasteiger partial charge in [-0.25, -0.2) is 0 Å². The molecule has 0 aliphatic heterocycles. The van der Waals surface area contributed by atoms with Crippen LogP contribution in [0.5, 0.6) is 0 Å². The molecule has 0 saturated carbocycles. The van der Waals surface area contributed by atoms with Gasteiger partial charge in [0.15, 0.2) is 0 Å². The first-order valence-electron chi connectivity index (χ1n) is 7.86. The van der Waals surface area contributed by atoms with Gasteiger partial charge in [-0.2, -0.15) is 0 Å². The predicted molar refractivity (Wildman–Crippen MR) is 88.0 cm³/mol. The van der Waals surface area contributed by atoms with E-state index in [0.29, 0.717) is 3.93 Å². The van der Waals surface area contributed by atoms with Crippen molar-refractivity contribution in [3.05, 3.63) is 0 Å². The van der Waals surface area contributed by atoms with Gasteiger partial charge >= 0.3 is 117 Å². The average Bonchev–Trinajstić information content (AvgIpc) is 2.35. The molecule has 0 aromatic heterocycles. The van der Waals surface area contributed by atoms with E-state index in [-0.39, 0.29) is 0 Å². The van der Waals surface area contributed by atoms with Gasteiger partial charge in [0.1, 0.15) is 0 Å². The summed E-state index contributed by atoms with van der Waals surface area (Å²) >= 11 is -1.91. The van der Waals surface area contributed by atoms with Crippen LogP contribution in [0, 0.1) is 0 Å². The summed E-state index contributed by atoms with van der Waals surface area (Å²) in [4.78, 5) is 0. The first-order chi connectivity index (χ1) is 8.68. The van der Waals surface area contributed by atoms with Crippen LogP contribution in [0.4, 0.5) is 0 Å². The van der Waals surface area contributed by atoms with Gasteiger partial charge in [-0.3, -0.25) is 0 Å². The van der Waals surface area contributed by atoms with Crippen LogP contribution in [-0.4, -0.2) is 17.5 Å². The quantitative estimate of drug-likeness (QED) is 0.229. The van der Waals surface area contributed by atoms with E-state index in [1.165, 1.54) is 77.0 Å². The van der Waals surface area contributed by atoms with E-state index in [1.54, 1.807) is 0 Å². The zero-order valence-corrected chi connectivity index (χ0v) is 16.7. The van der Waals surface area contributed by atoms with Gasteiger partial charge in [0.25, 0.3) is 0 Å². The molecule has 0 fully saturated rings. The molecule has 1 unspecified atom stereocenters. The molecule has 109 valence electrons. The van der Waals surface area contributed by atoms with Gasteiger partial charge in [0, 0.05) is 0 Å². The van der Waals surface area contributed by atoms with Crippen LogP contribution in [0.25, 0.3) is 0 Å². The summed E-state index contributed by atoms with van der Waals surface area (Å²) in [5.74, 6) is 0. The van der Waals surface area contributed by atoms with E-state index in [2.05, 4.69) is 13.8 Å². The third-order valence-corrected chi connectivity index (χ3v) is 11.6. The second-order valence-corrected chi connectivity index (χ2v) is 16.7. The van der Waals surface area contributed by atoms with Crippen molar-refractivity contribution >= 4 is 35.3 Å². The van der Waals surface area contributed by atoms with E-state index in [9.17, 15) is 0 Å². The molecule has 3 heteroatoms. The first-order valence-corrected chi connectivity index (χ1v) is 16.7.